The summed E-state index contributed by atoms with van der Waals surface area (Å²) in [5.41, 5.74) is 0.634. The Labute approximate surface area is 157 Å². The van der Waals surface area contributed by atoms with Crippen LogP contribution in [0.1, 0.15) is 22.5 Å². The molecule has 2 aromatic rings. The first kappa shape index (κ1) is 19.5. The number of halogens is 2. The smallest absolute Gasteiger partial charge is 0.287 e. The highest BCUT2D eigenvalue weighted by Crippen LogP contribution is 2.16. The van der Waals surface area contributed by atoms with Crippen LogP contribution in [0.3, 0.4) is 0 Å². The van der Waals surface area contributed by atoms with Crippen molar-refractivity contribution >= 4 is 39.5 Å². The standard InChI is InChI=1S/C17H18BrFN2O3S/c1-25-8-6-14(21-17(23)15-3-2-7-24-15)16(22)20-10-11-4-5-12(18)13(19)9-11/h2-5,7,9,14H,6,8,10H2,1H3,(H,20,22)(H,21,23). The average Bonchev–Trinajstić information content (AvgIpc) is 3.14. The van der Waals surface area contributed by atoms with Crippen LogP contribution >= 0.6 is 27.7 Å². The Bertz CT molecular complexity index is 725. The van der Waals surface area contributed by atoms with Gasteiger partial charge in [-0.2, -0.15) is 11.8 Å². The van der Waals surface area contributed by atoms with Gasteiger partial charge in [0.1, 0.15) is 11.9 Å². The van der Waals surface area contributed by atoms with Gasteiger partial charge in [-0.1, -0.05) is 6.07 Å². The first-order valence-corrected chi connectivity index (χ1v) is 9.75. The maximum absolute atomic E-state index is 13.5. The average molecular weight is 429 g/mol. The summed E-state index contributed by atoms with van der Waals surface area (Å²) in [6.45, 7) is 0.176. The van der Waals surface area contributed by atoms with Crippen molar-refractivity contribution in [3.8, 4) is 0 Å². The molecular weight excluding hydrogens is 411 g/mol. The van der Waals surface area contributed by atoms with Crippen molar-refractivity contribution < 1.29 is 18.4 Å². The normalized spacial score (nSPS) is 11.8. The zero-order valence-corrected chi connectivity index (χ0v) is 16.0. The number of nitrogens with one attached hydrogen (secondary N) is 2. The quantitative estimate of drug-likeness (QED) is 0.676. The van der Waals surface area contributed by atoms with E-state index in [0.29, 0.717) is 22.2 Å². The molecule has 0 saturated carbocycles. The lowest BCUT2D eigenvalue weighted by atomic mass is 10.1. The molecule has 5 nitrogen and oxygen atoms in total. The molecule has 134 valence electrons. The van der Waals surface area contributed by atoms with Crippen LogP contribution in [0.4, 0.5) is 4.39 Å². The minimum atomic E-state index is -0.689. The molecule has 1 aromatic carbocycles. The van der Waals surface area contributed by atoms with E-state index in [4.69, 9.17) is 4.42 Å². The second-order valence-electron chi connectivity index (χ2n) is 5.25. The molecule has 2 N–H and O–H groups in total. The SMILES string of the molecule is CSCCC(NC(=O)c1ccco1)C(=O)NCc1ccc(Br)c(F)c1. The summed E-state index contributed by atoms with van der Waals surface area (Å²) in [4.78, 5) is 24.5. The van der Waals surface area contributed by atoms with Crippen LogP contribution in [0.2, 0.25) is 0 Å². The van der Waals surface area contributed by atoms with Crippen LogP contribution < -0.4 is 10.6 Å². The number of hydrogen-bond donors (Lipinski definition) is 2. The van der Waals surface area contributed by atoms with E-state index in [1.165, 1.54) is 18.4 Å². The summed E-state index contributed by atoms with van der Waals surface area (Å²) in [6, 6.07) is 7.09. The van der Waals surface area contributed by atoms with Crippen LogP contribution in [0.5, 0.6) is 0 Å². The molecule has 0 aliphatic heterocycles. The highest BCUT2D eigenvalue weighted by molar-refractivity contribution is 9.10. The zero-order chi connectivity index (χ0) is 18.2. The van der Waals surface area contributed by atoms with Crippen molar-refractivity contribution in [3.05, 3.63) is 58.2 Å². The summed E-state index contributed by atoms with van der Waals surface area (Å²) in [6.07, 6.45) is 3.80. The number of furan rings is 1. The number of carbonyl (C=O) groups excluding carboxylic acids is 2. The summed E-state index contributed by atoms with van der Waals surface area (Å²) in [5.74, 6) is -0.296. The third kappa shape index (κ3) is 5.89. The molecule has 0 saturated heterocycles. The third-order valence-electron chi connectivity index (χ3n) is 3.43. The molecule has 0 spiro atoms. The van der Waals surface area contributed by atoms with Gasteiger partial charge in [-0.15, -0.1) is 0 Å². The van der Waals surface area contributed by atoms with E-state index in [0.717, 1.165) is 0 Å². The monoisotopic (exact) mass is 428 g/mol. The predicted octanol–water partition coefficient (Wildman–Crippen LogP) is 3.35. The first-order chi connectivity index (χ1) is 12.0. The molecule has 2 amide bonds. The Morgan fingerprint density at radius 2 is 2.16 bits per heavy atom. The van der Waals surface area contributed by atoms with Gasteiger partial charge in [0.25, 0.3) is 5.91 Å². The van der Waals surface area contributed by atoms with Gasteiger partial charge in [-0.3, -0.25) is 9.59 Å². The zero-order valence-electron chi connectivity index (χ0n) is 13.6. The Balaban J connectivity index is 1.97. The Hall–Kier alpha value is -1.80. The molecule has 1 aromatic heterocycles. The molecule has 0 aliphatic carbocycles. The second-order valence-corrected chi connectivity index (χ2v) is 7.09. The van der Waals surface area contributed by atoms with Gasteiger partial charge in [0.05, 0.1) is 10.7 Å². The molecular formula is C17H18BrFN2O3S. The van der Waals surface area contributed by atoms with Gasteiger partial charge in [-0.25, -0.2) is 4.39 Å². The molecule has 0 bridgehead atoms. The number of benzene rings is 1. The largest absolute Gasteiger partial charge is 0.459 e. The van der Waals surface area contributed by atoms with E-state index in [9.17, 15) is 14.0 Å². The van der Waals surface area contributed by atoms with E-state index in [2.05, 4.69) is 26.6 Å². The van der Waals surface area contributed by atoms with Gasteiger partial charge in [0, 0.05) is 6.54 Å². The highest BCUT2D eigenvalue weighted by atomic mass is 79.9. The fraction of sp³-hybridized carbons (Fsp3) is 0.294. The summed E-state index contributed by atoms with van der Waals surface area (Å²) < 4.78 is 18.9. The highest BCUT2D eigenvalue weighted by Gasteiger charge is 2.22. The van der Waals surface area contributed by atoms with Gasteiger partial charge < -0.3 is 15.1 Å². The van der Waals surface area contributed by atoms with Gasteiger partial charge in [0.2, 0.25) is 5.91 Å². The molecule has 1 atom stereocenters. The van der Waals surface area contributed by atoms with Crippen molar-refractivity contribution in [2.45, 2.75) is 19.0 Å². The summed E-state index contributed by atoms with van der Waals surface area (Å²) >= 11 is 4.67. The number of amides is 2. The minimum Gasteiger partial charge on any atom is -0.459 e. The van der Waals surface area contributed by atoms with Gasteiger partial charge in [-0.05, 0) is 64.2 Å². The van der Waals surface area contributed by atoms with Gasteiger partial charge in [0.15, 0.2) is 5.76 Å². The fourth-order valence-electron chi connectivity index (χ4n) is 2.10. The second kappa shape index (κ2) is 9.62. The van der Waals surface area contributed by atoms with Crippen LogP contribution in [0, 0.1) is 5.82 Å². The molecule has 0 aliphatic rings. The lowest BCUT2D eigenvalue weighted by molar-refractivity contribution is -0.123. The van der Waals surface area contributed by atoms with Crippen LogP contribution in [-0.2, 0) is 11.3 Å². The van der Waals surface area contributed by atoms with E-state index >= 15 is 0 Å². The third-order valence-corrected chi connectivity index (χ3v) is 4.72. The molecule has 2 rings (SSSR count). The molecule has 25 heavy (non-hydrogen) atoms. The predicted molar refractivity (Wildman–Crippen MR) is 98.9 cm³/mol. The van der Waals surface area contributed by atoms with Crippen molar-refractivity contribution in [2.24, 2.45) is 0 Å². The molecule has 1 unspecified atom stereocenters. The Kier molecular flexibility index (Phi) is 7.52. The summed E-state index contributed by atoms with van der Waals surface area (Å²) in [5, 5.41) is 5.40. The van der Waals surface area contributed by atoms with Crippen molar-refractivity contribution in [2.75, 3.05) is 12.0 Å². The molecule has 8 heteroatoms. The van der Waals surface area contributed by atoms with E-state index < -0.39 is 17.8 Å². The maximum atomic E-state index is 13.5. The topological polar surface area (TPSA) is 71.3 Å². The number of hydrogen-bond acceptors (Lipinski definition) is 4. The Morgan fingerprint density at radius 1 is 1.36 bits per heavy atom. The van der Waals surface area contributed by atoms with Crippen molar-refractivity contribution in [1.82, 2.24) is 10.6 Å². The number of carbonyl (C=O) groups is 2. The van der Waals surface area contributed by atoms with E-state index in [-0.39, 0.29) is 18.2 Å². The Morgan fingerprint density at radius 3 is 2.80 bits per heavy atom. The lowest BCUT2D eigenvalue weighted by Gasteiger charge is -2.17. The van der Waals surface area contributed by atoms with E-state index in [1.807, 2.05) is 6.26 Å². The lowest BCUT2D eigenvalue weighted by Crippen LogP contribution is -2.46. The van der Waals surface area contributed by atoms with Crippen LogP contribution in [0.25, 0.3) is 0 Å². The van der Waals surface area contributed by atoms with Crippen LogP contribution in [0.15, 0.2) is 45.5 Å². The molecule has 0 radical (unpaired) electrons. The molecule has 1 heterocycles. The van der Waals surface area contributed by atoms with E-state index in [1.54, 1.807) is 30.0 Å². The van der Waals surface area contributed by atoms with Crippen molar-refractivity contribution in [1.29, 1.82) is 0 Å². The number of rotatable bonds is 8. The van der Waals surface area contributed by atoms with Crippen molar-refractivity contribution in [3.63, 3.8) is 0 Å². The van der Waals surface area contributed by atoms with Crippen LogP contribution in [-0.4, -0.2) is 29.9 Å². The first-order valence-electron chi connectivity index (χ1n) is 7.56. The molecule has 0 fully saturated rings. The summed E-state index contributed by atoms with van der Waals surface area (Å²) in [7, 11) is 0. The number of thioether (sulfide) groups is 1. The van der Waals surface area contributed by atoms with Gasteiger partial charge >= 0.3 is 0 Å². The fourth-order valence-corrected chi connectivity index (χ4v) is 2.82. The maximum Gasteiger partial charge on any atom is 0.287 e. The minimum absolute atomic E-state index is 0.150.